The first-order chi connectivity index (χ1) is 38.2. The first-order valence-corrected chi connectivity index (χ1v) is 26.6. The zero-order valence-electron chi connectivity index (χ0n) is 42.0. The second kappa shape index (κ2) is 17.2. The lowest BCUT2D eigenvalue weighted by molar-refractivity contribution is 0.669. The average Bonchev–Trinajstić information content (AvgIpc) is 3.98. The van der Waals surface area contributed by atoms with Crippen molar-refractivity contribution < 1.29 is 4.42 Å². The zero-order valence-corrected chi connectivity index (χ0v) is 42.0. The summed E-state index contributed by atoms with van der Waals surface area (Å²) in [5, 5.41) is 23.3. The molecule has 0 unspecified atom stereocenters. The number of rotatable bonds is 5. The maximum atomic E-state index is 6.10. The van der Waals surface area contributed by atoms with Crippen LogP contribution in [0.25, 0.3) is 164 Å². The molecule has 0 aliphatic rings. The lowest BCUT2D eigenvalue weighted by Crippen LogP contribution is -1.90. The first kappa shape index (κ1) is 43.3. The molecule has 77 heavy (non-hydrogen) atoms. The van der Waals surface area contributed by atoms with E-state index in [9.17, 15) is 0 Å². The van der Waals surface area contributed by atoms with E-state index >= 15 is 0 Å². The fraction of sp³-hybridized carbons (Fsp3) is 0. The Morgan fingerprint density at radius 3 is 1.17 bits per heavy atom. The second-order valence-corrected chi connectivity index (χ2v) is 20.6. The fourth-order valence-corrected chi connectivity index (χ4v) is 12.9. The average molecular weight is 975 g/mol. The number of benzene rings is 16. The first-order valence-electron chi connectivity index (χ1n) is 26.6. The Morgan fingerprint density at radius 1 is 0.182 bits per heavy atom. The molecule has 17 rings (SSSR count). The largest absolute Gasteiger partial charge is 0.456 e. The van der Waals surface area contributed by atoms with Crippen molar-refractivity contribution in [3.05, 3.63) is 279 Å². The minimum atomic E-state index is 0.925. The van der Waals surface area contributed by atoms with Gasteiger partial charge in [0.05, 0.1) is 0 Å². The van der Waals surface area contributed by atoms with Gasteiger partial charge in [0.15, 0.2) is 0 Å². The molecule has 0 bridgehead atoms. The van der Waals surface area contributed by atoms with E-state index in [1.54, 1.807) is 0 Å². The van der Waals surface area contributed by atoms with E-state index in [4.69, 9.17) is 4.42 Å². The lowest BCUT2D eigenvalue weighted by atomic mass is 9.86. The molecule has 0 spiro atoms. The Kier molecular flexibility index (Phi) is 9.71. The summed E-state index contributed by atoms with van der Waals surface area (Å²) < 4.78 is 6.10. The summed E-state index contributed by atoms with van der Waals surface area (Å²) in [6.07, 6.45) is 0. The van der Waals surface area contributed by atoms with Crippen molar-refractivity contribution >= 4 is 108 Å². The highest BCUT2D eigenvalue weighted by Gasteiger charge is 2.19. The van der Waals surface area contributed by atoms with Crippen LogP contribution in [0.5, 0.6) is 0 Å². The molecule has 0 atom stereocenters. The Labute approximate surface area is 444 Å². The van der Waals surface area contributed by atoms with Gasteiger partial charge in [-0.05, 0) is 166 Å². The van der Waals surface area contributed by atoms with Crippen molar-refractivity contribution in [2.24, 2.45) is 0 Å². The van der Waals surface area contributed by atoms with Crippen molar-refractivity contribution in [1.29, 1.82) is 0 Å². The van der Waals surface area contributed by atoms with Gasteiger partial charge in [-0.1, -0.05) is 255 Å². The van der Waals surface area contributed by atoms with Gasteiger partial charge in [0.1, 0.15) is 11.2 Å². The van der Waals surface area contributed by atoms with E-state index in [1.165, 1.54) is 142 Å². The van der Waals surface area contributed by atoms with Crippen LogP contribution < -0.4 is 0 Å². The number of hydrogen-bond acceptors (Lipinski definition) is 1. The van der Waals surface area contributed by atoms with Gasteiger partial charge < -0.3 is 4.42 Å². The van der Waals surface area contributed by atoms with Crippen LogP contribution in [-0.4, -0.2) is 0 Å². The van der Waals surface area contributed by atoms with Crippen LogP contribution >= 0.6 is 0 Å². The molecule has 0 aliphatic carbocycles. The van der Waals surface area contributed by atoms with E-state index < -0.39 is 0 Å². The van der Waals surface area contributed by atoms with E-state index in [0.29, 0.717) is 0 Å². The highest BCUT2D eigenvalue weighted by molar-refractivity contribution is 6.27. The zero-order chi connectivity index (χ0) is 50.6. The normalized spacial score (nSPS) is 11.9. The molecule has 0 saturated carbocycles. The Hall–Kier alpha value is -10.1. The van der Waals surface area contributed by atoms with Crippen LogP contribution in [-0.2, 0) is 0 Å². The molecule has 0 fully saturated rings. The van der Waals surface area contributed by atoms with Gasteiger partial charge in [-0.15, -0.1) is 0 Å². The molecule has 1 aromatic heterocycles. The topological polar surface area (TPSA) is 13.1 Å². The monoisotopic (exact) mass is 974 g/mol. The van der Waals surface area contributed by atoms with Crippen molar-refractivity contribution in [2.45, 2.75) is 0 Å². The lowest BCUT2D eigenvalue weighted by Gasteiger charge is -2.17. The van der Waals surface area contributed by atoms with E-state index in [-0.39, 0.29) is 0 Å². The molecule has 0 radical (unpaired) electrons. The van der Waals surface area contributed by atoms with Crippen LogP contribution in [0.15, 0.2) is 283 Å². The van der Waals surface area contributed by atoms with E-state index in [1.807, 2.05) is 12.1 Å². The Morgan fingerprint density at radius 2 is 0.584 bits per heavy atom. The summed E-state index contributed by atoms with van der Waals surface area (Å²) >= 11 is 0. The number of hydrogen-bond donors (Lipinski definition) is 0. The number of furan rings is 1. The molecule has 356 valence electrons. The quantitative estimate of drug-likeness (QED) is 0.124. The van der Waals surface area contributed by atoms with Crippen molar-refractivity contribution in [2.75, 3.05) is 0 Å². The van der Waals surface area contributed by atoms with Gasteiger partial charge in [-0.25, -0.2) is 0 Å². The van der Waals surface area contributed by atoms with E-state index in [0.717, 1.165) is 21.9 Å². The molecule has 16 aromatic carbocycles. The van der Waals surface area contributed by atoms with E-state index in [2.05, 4.69) is 267 Å². The molecule has 0 N–H and O–H groups in total. The molecule has 0 saturated heterocycles. The standard InChI is InChI=1S/C44H26.C32H20O/c1-4-29-14-16-33-18-22-37(39-24-20-31(6-1)41(29)43(33)39)28-12-10-27(11-13-28)35-8-3-9-36(26-35)38-23-19-34-17-15-30-5-2-7-32-21-25-40(38)44(34)42(30)32;1-2-10-21(11-3-1)31-24-13-4-6-15-26(24)32(27-16-7-5-14-25(27)31)22-18-19-30-28(20-22)23-12-8-9-17-29(23)33-30/h1-26H;1-20H. The third kappa shape index (κ3) is 6.88. The summed E-state index contributed by atoms with van der Waals surface area (Å²) in [6, 6.07) is 102. The number of para-hydroxylation sites is 1. The molecular formula is C76H46O. The Bertz CT molecular complexity index is 5050. The van der Waals surface area contributed by atoms with Gasteiger partial charge in [0.25, 0.3) is 0 Å². The van der Waals surface area contributed by atoms with Crippen molar-refractivity contribution in [3.8, 4) is 55.6 Å². The Balaban J connectivity index is 0.000000135. The maximum absolute atomic E-state index is 6.10. The third-order valence-electron chi connectivity index (χ3n) is 16.4. The van der Waals surface area contributed by atoms with Crippen LogP contribution in [0, 0.1) is 0 Å². The highest BCUT2D eigenvalue weighted by Crippen LogP contribution is 2.46. The van der Waals surface area contributed by atoms with Gasteiger partial charge in [-0.3, -0.25) is 0 Å². The van der Waals surface area contributed by atoms with Gasteiger partial charge in [0, 0.05) is 10.8 Å². The molecular weight excluding hydrogens is 929 g/mol. The van der Waals surface area contributed by atoms with Gasteiger partial charge in [0.2, 0.25) is 0 Å². The summed E-state index contributed by atoms with van der Waals surface area (Å²) in [6.45, 7) is 0. The second-order valence-electron chi connectivity index (χ2n) is 20.6. The minimum absolute atomic E-state index is 0.925. The number of fused-ring (bicyclic) bond motifs is 5. The molecule has 1 nitrogen and oxygen atoms in total. The van der Waals surface area contributed by atoms with Crippen molar-refractivity contribution in [3.63, 3.8) is 0 Å². The summed E-state index contributed by atoms with van der Waals surface area (Å²) in [5.74, 6) is 0. The summed E-state index contributed by atoms with van der Waals surface area (Å²) in [4.78, 5) is 0. The molecule has 0 amide bonds. The van der Waals surface area contributed by atoms with Crippen molar-refractivity contribution in [1.82, 2.24) is 0 Å². The molecule has 1 heteroatoms. The van der Waals surface area contributed by atoms with Crippen LogP contribution in [0.3, 0.4) is 0 Å². The van der Waals surface area contributed by atoms with Crippen LogP contribution in [0.1, 0.15) is 0 Å². The molecule has 1 heterocycles. The summed E-state index contributed by atoms with van der Waals surface area (Å²) in [5.41, 5.74) is 14.4. The predicted molar refractivity (Wildman–Crippen MR) is 330 cm³/mol. The minimum Gasteiger partial charge on any atom is -0.456 e. The summed E-state index contributed by atoms with van der Waals surface area (Å²) in [7, 11) is 0. The molecule has 0 aliphatic heterocycles. The molecule has 17 aromatic rings. The highest BCUT2D eigenvalue weighted by atomic mass is 16.3. The fourth-order valence-electron chi connectivity index (χ4n) is 12.9. The van der Waals surface area contributed by atoms with Gasteiger partial charge in [-0.2, -0.15) is 0 Å². The SMILES string of the molecule is c1cc(-c2ccc(-c3ccc4ccc5cccc6ccc3c4c56)cc2)cc(-c2ccc3ccc4cccc5ccc2c3c45)c1.c1ccc(-c2c3ccccc3c(-c3ccc4oc5ccccc5c4c3)c3ccccc23)cc1. The third-order valence-corrected chi connectivity index (χ3v) is 16.4. The van der Waals surface area contributed by atoms with Crippen LogP contribution in [0.2, 0.25) is 0 Å². The predicted octanol–water partition coefficient (Wildman–Crippen LogP) is 21.7. The maximum Gasteiger partial charge on any atom is 0.135 e. The van der Waals surface area contributed by atoms with Gasteiger partial charge >= 0.3 is 0 Å². The smallest absolute Gasteiger partial charge is 0.135 e. The van der Waals surface area contributed by atoms with Crippen LogP contribution in [0.4, 0.5) is 0 Å².